The summed E-state index contributed by atoms with van der Waals surface area (Å²) in [5.74, 6) is 2.32. The van der Waals surface area contributed by atoms with E-state index in [-0.39, 0.29) is 5.91 Å². The van der Waals surface area contributed by atoms with Crippen molar-refractivity contribution >= 4 is 11.6 Å². The fourth-order valence-electron chi connectivity index (χ4n) is 2.73. The number of rotatable bonds is 6. The van der Waals surface area contributed by atoms with Gasteiger partial charge in [0.2, 0.25) is 0 Å². The van der Waals surface area contributed by atoms with E-state index in [0.29, 0.717) is 28.7 Å². The first kappa shape index (κ1) is 19.4. The Labute approximate surface area is 165 Å². The van der Waals surface area contributed by atoms with Gasteiger partial charge < -0.3 is 14.8 Å². The summed E-state index contributed by atoms with van der Waals surface area (Å²) in [6, 6.07) is 18.3. The number of nitrogens with zero attached hydrogens (tertiary/aromatic N) is 1. The summed E-state index contributed by atoms with van der Waals surface area (Å²) in [6.45, 7) is 6.01. The molecule has 1 heterocycles. The van der Waals surface area contributed by atoms with Gasteiger partial charge in [0, 0.05) is 11.4 Å². The summed E-state index contributed by atoms with van der Waals surface area (Å²) in [6.07, 6.45) is 0. The van der Waals surface area contributed by atoms with E-state index >= 15 is 0 Å². The fraction of sp³-hybridized carbons (Fsp3) is 0.217. The first-order valence-electron chi connectivity index (χ1n) is 9.17. The van der Waals surface area contributed by atoms with Gasteiger partial charge in [0.25, 0.3) is 5.91 Å². The van der Waals surface area contributed by atoms with E-state index in [2.05, 4.69) is 24.1 Å². The molecule has 0 saturated carbocycles. The first-order valence-corrected chi connectivity index (χ1v) is 9.17. The Kier molecular flexibility index (Phi) is 5.94. The molecule has 2 aromatic carbocycles. The number of pyridine rings is 1. The normalized spacial score (nSPS) is 10.6. The molecule has 0 aliphatic carbocycles. The minimum absolute atomic E-state index is 0.177. The van der Waals surface area contributed by atoms with E-state index in [0.717, 1.165) is 17.1 Å². The number of carbonyl (C=O) groups excluding carboxylic acids is 1. The largest absolute Gasteiger partial charge is 0.497 e. The molecule has 5 nitrogen and oxygen atoms in total. The monoisotopic (exact) mass is 376 g/mol. The molecule has 3 aromatic rings. The molecule has 0 atom stereocenters. The SMILES string of the molecule is COc1ccc(Oc2ccc(NC(=O)c3ccc(C(C)C)nc3C)cc2)cc1. The Bertz CT molecular complexity index is 949. The molecule has 1 N–H and O–H groups in total. The second kappa shape index (κ2) is 8.57. The number of methoxy groups -OCH3 is 1. The van der Waals surface area contributed by atoms with Crippen molar-refractivity contribution in [3.8, 4) is 17.2 Å². The smallest absolute Gasteiger partial charge is 0.257 e. The van der Waals surface area contributed by atoms with Crippen LogP contribution in [0.25, 0.3) is 0 Å². The van der Waals surface area contributed by atoms with Crippen LogP contribution in [0, 0.1) is 6.92 Å². The number of ether oxygens (including phenoxy) is 2. The number of nitrogens with one attached hydrogen (secondary N) is 1. The number of carbonyl (C=O) groups is 1. The van der Waals surface area contributed by atoms with E-state index in [1.54, 1.807) is 7.11 Å². The highest BCUT2D eigenvalue weighted by Gasteiger charge is 2.12. The zero-order valence-corrected chi connectivity index (χ0v) is 16.5. The molecule has 0 radical (unpaired) electrons. The van der Waals surface area contributed by atoms with Crippen molar-refractivity contribution in [1.29, 1.82) is 0 Å². The second-order valence-electron chi connectivity index (χ2n) is 6.78. The number of aryl methyl sites for hydroxylation is 1. The molecular weight excluding hydrogens is 352 g/mol. The Morgan fingerprint density at radius 3 is 2.00 bits per heavy atom. The molecule has 1 amide bonds. The van der Waals surface area contributed by atoms with E-state index in [1.165, 1.54) is 0 Å². The molecule has 28 heavy (non-hydrogen) atoms. The lowest BCUT2D eigenvalue weighted by molar-refractivity contribution is 0.102. The van der Waals surface area contributed by atoms with Crippen molar-refractivity contribution in [2.24, 2.45) is 0 Å². The van der Waals surface area contributed by atoms with Crippen LogP contribution in [0.15, 0.2) is 60.7 Å². The third-order valence-corrected chi connectivity index (χ3v) is 4.35. The van der Waals surface area contributed by atoms with Crippen LogP contribution in [-0.2, 0) is 0 Å². The first-order chi connectivity index (χ1) is 13.5. The average Bonchev–Trinajstić information content (AvgIpc) is 2.69. The predicted molar refractivity (Wildman–Crippen MR) is 111 cm³/mol. The van der Waals surface area contributed by atoms with Gasteiger partial charge in [-0.05, 0) is 73.5 Å². The Hall–Kier alpha value is -3.34. The van der Waals surface area contributed by atoms with Gasteiger partial charge in [-0.25, -0.2) is 0 Å². The van der Waals surface area contributed by atoms with Crippen LogP contribution in [0.3, 0.4) is 0 Å². The maximum atomic E-state index is 12.6. The van der Waals surface area contributed by atoms with Crippen molar-refractivity contribution in [1.82, 2.24) is 4.98 Å². The molecule has 0 saturated heterocycles. The zero-order chi connectivity index (χ0) is 20.1. The number of anilines is 1. The fourth-order valence-corrected chi connectivity index (χ4v) is 2.73. The van der Waals surface area contributed by atoms with Crippen LogP contribution in [0.5, 0.6) is 17.2 Å². The minimum atomic E-state index is -0.177. The summed E-state index contributed by atoms with van der Waals surface area (Å²) in [7, 11) is 1.62. The van der Waals surface area contributed by atoms with E-state index in [1.807, 2.05) is 67.6 Å². The highest BCUT2D eigenvalue weighted by Crippen LogP contribution is 2.25. The standard InChI is InChI=1S/C23H24N2O3/c1-15(2)22-14-13-21(16(3)24-22)23(26)25-17-5-7-19(8-6-17)28-20-11-9-18(27-4)10-12-20/h5-15H,1-4H3,(H,25,26). The van der Waals surface area contributed by atoms with E-state index < -0.39 is 0 Å². The molecule has 3 rings (SSSR count). The van der Waals surface area contributed by atoms with Crippen molar-refractivity contribution in [2.45, 2.75) is 26.7 Å². The Balaban J connectivity index is 1.65. The van der Waals surface area contributed by atoms with Gasteiger partial charge in [-0.3, -0.25) is 9.78 Å². The lowest BCUT2D eigenvalue weighted by Gasteiger charge is -2.11. The van der Waals surface area contributed by atoms with Crippen molar-refractivity contribution < 1.29 is 14.3 Å². The van der Waals surface area contributed by atoms with Gasteiger partial charge in [-0.1, -0.05) is 13.8 Å². The summed E-state index contributed by atoms with van der Waals surface area (Å²) in [5, 5.41) is 2.90. The molecular formula is C23H24N2O3. The molecule has 0 aliphatic heterocycles. The molecule has 144 valence electrons. The highest BCUT2D eigenvalue weighted by molar-refractivity contribution is 6.05. The van der Waals surface area contributed by atoms with Gasteiger partial charge in [-0.2, -0.15) is 0 Å². The van der Waals surface area contributed by atoms with Gasteiger partial charge in [0.1, 0.15) is 17.2 Å². The average molecular weight is 376 g/mol. The zero-order valence-electron chi connectivity index (χ0n) is 16.5. The minimum Gasteiger partial charge on any atom is -0.497 e. The van der Waals surface area contributed by atoms with Crippen LogP contribution in [0.2, 0.25) is 0 Å². The third kappa shape index (κ3) is 4.68. The number of hydrogen-bond donors (Lipinski definition) is 1. The van der Waals surface area contributed by atoms with Crippen molar-refractivity contribution in [3.05, 3.63) is 77.6 Å². The molecule has 0 unspecified atom stereocenters. The van der Waals surface area contributed by atoms with Crippen LogP contribution in [0.4, 0.5) is 5.69 Å². The quantitative estimate of drug-likeness (QED) is 0.611. The lowest BCUT2D eigenvalue weighted by atomic mass is 10.1. The molecule has 1 aromatic heterocycles. The Morgan fingerprint density at radius 2 is 1.46 bits per heavy atom. The second-order valence-corrected chi connectivity index (χ2v) is 6.78. The van der Waals surface area contributed by atoms with Gasteiger partial charge in [0.05, 0.1) is 18.4 Å². The highest BCUT2D eigenvalue weighted by atomic mass is 16.5. The van der Waals surface area contributed by atoms with E-state index in [9.17, 15) is 4.79 Å². The molecule has 5 heteroatoms. The van der Waals surface area contributed by atoms with Crippen LogP contribution >= 0.6 is 0 Å². The van der Waals surface area contributed by atoms with E-state index in [4.69, 9.17) is 9.47 Å². The number of hydrogen-bond acceptors (Lipinski definition) is 4. The number of aromatic nitrogens is 1. The van der Waals surface area contributed by atoms with Gasteiger partial charge in [-0.15, -0.1) is 0 Å². The van der Waals surface area contributed by atoms with Gasteiger partial charge in [0.15, 0.2) is 0 Å². The topological polar surface area (TPSA) is 60.5 Å². The molecule has 0 spiro atoms. The van der Waals surface area contributed by atoms with Crippen molar-refractivity contribution in [2.75, 3.05) is 12.4 Å². The molecule has 0 bridgehead atoms. The summed E-state index contributed by atoms with van der Waals surface area (Å²) < 4.78 is 10.9. The summed E-state index contributed by atoms with van der Waals surface area (Å²) in [4.78, 5) is 17.1. The summed E-state index contributed by atoms with van der Waals surface area (Å²) >= 11 is 0. The number of benzene rings is 2. The summed E-state index contributed by atoms with van der Waals surface area (Å²) in [5.41, 5.74) is 2.97. The molecule has 0 aliphatic rings. The molecule has 0 fully saturated rings. The maximum absolute atomic E-state index is 12.6. The Morgan fingerprint density at radius 1 is 0.893 bits per heavy atom. The van der Waals surface area contributed by atoms with Crippen LogP contribution < -0.4 is 14.8 Å². The maximum Gasteiger partial charge on any atom is 0.257 e. The third-order valence-electron chi connectivity index (χ3n) is 4.35. The van der Waals surface area contributed by atoms with Crippen molar-refractivity contribution in [3.63, 3.8) is 0 Å². The lowest BCUT2D eigenvalue weighted by Crippen LogP contribution is -2.14. The van der Waals surface area contributed by atoms with Crippen LogP contribution in [0.1, 0.15) is 41.5 Å². The van der Waals surface area contributed by atoms with Crippen LogP contribution in [-0.4, -0.2) is 18.0 Å². The predicted octanol–water partition coefficient (Wildman–Crippen LogP) is 5.57. The van der Waals surface area contributed by atoms with Gasteiger partial charge >= 0.3 is 0 Å². The number of amides is 1.